The third-order valence-corrected chi connectivity index (χ3v) is 4.54. The fourth-order valence-electron chi connectivity index (χ4n) is 3.10. The molecule has 0 atom stereocenters. The lowest BCUT2D eigenvalue weighted by Crippen LogP contribution is -2.27. The summed E-state index contributed by atoms with van der Waals surface area (Å²) in [5.41, 5.74) is 4.67. The van der Waals surface area contributed by atoms with Gasteiger partial charge in [0.2, 0.25) is 0 Å². The minimum atomic E-state index is -0.131. The molecular formula is C21H27N5O2. The van der Waals surface area contributed by atoms with E-state index in [9.17, 15) is 4.79 Å². The fourth-order valence-corrected chi connectivity index (χ4v) is 3.10. The van der Waals surface area contributed by atoms with Gasteiger partial charge in [-0.3, -0.25) is 9.48 Å². The number of ether oxygens (including phenoxy) is 1. The minimum absolute atomic E-state index is 0.131. The molecule has 1 amide bonds. The molecule has 0 fully saturated rings. The molecule has 0 saturated heterocycles. The van der Waals surface area contributed by atoms with E-state index < -0.39 is 0 Å². The summed E-state index contributed by atoms with van der Waals surface area (Å²) in [6, 6.07) is 7.77. The summed E-state index contributed by atoms with van der Waals surface area (Å²) in [4.78, 5) is 14.3. The van der Waals surface area contributed by atoms with Crippen molar-refractivity contribution in [3.8, 4) is 5.75 Å². The number of hydrogen-bond acceptors (Lipinski definition) is 4. The molecule has 2 aromatic heterocycles. The van der Waals surface area contributed by atoms with Crippen molar-refractivity contribution in [3.63, 3.8) is 0 Å². The lowest BCUT2D eigenvalue weighted by atomic mass is 10.1. The van der Waals surface area contributed by atoms with Crippen molar-refractivity contribution >= 4 is 5.91 Å². The van der Waals surface area contributed by atoms with Gasteiger partial charge in [0.25, 0.3) is 5.91 Å². The second-order valence-electron chi connectivity index (χ2n) is 7.09. The zero-order chi connectivity index (χ0) is 20.3. The van der Waals surface area contributed by atoms with Gasteiger partial charge in [0, 0.05) is 38.1 Å². The van der Waals surface area contributed by atoms with Crippen LogP contribution in [0.25, 0.3) is 0 Å². The first-order valence-corrected chi connectivity index (χ1v) is 9.38. The maximum absolute atomic E-state index is 12.7. The molecule has 7 nitrogen and oxygen atoms in total. The van der Waals surface area contributed by atoms with Gasteiger partial charge in [-0.2, -0.15) is 10.2 Å². The number of aryl methyl sites for hydroxylation is 4. The SMILES string of the molecule is CCn1cc(CN(C)C(=O)c2ccn(COc3cc(C)cc(C)c3)n2)c(C)n1. The van der Waals surface area contributed by atoms with Gasteiger partial charge < -0.3 is 9.64 Å². The first kappa shape index (κ1) is 19.7. The summed E-state index contributed by atoms with van der Waals surface area (Å²) in [6.07, 6.45) is 3.74. The molecule has 0 bridgehead atoms. The number of nitrogens with zero attached hydrogens (tertiary/aromatic N) is 5. The van der Waals surface area contributed by atoms with Crippen molar-refractivity contribution in [2.75, 3.05) is 7.05 Å². The first-order valence-electron chi connectivity index (χ1n) is 9.38. The molecule has 1 aromatic carbocycles. The highest BCUT2D eigenvalue weighted by molar-refractivity contribution is 5.91. The second-order valence-corrected chi connectivity index (χ2v) is 7.09. The van der Waals surface area contributed by atoms with E-state index in [1.54, 1.807) is 28.9 Å². The topological polar surface area (TPSA) is 65.2 Å². The number of carbonyl (C=O) groups is 1. The van der Waals surface area contributed by atoms with Gasteiger partial charge in [0.1, 0.15) is 5.75 Å². The Bertz CT molecular complexity index is 953. The molecule has 7 heteroatoms. The van der Waals surface area contributed by atoms with Crippen molar-refractivity contribution in [3.05, 3.63) is 64.7 Å². The number of aromatic nitrogens is 4. The van der Waals surface area contributed by atoms with Gasteiger partial charge in [0.05, 0.1) is 5.69 Å². The van der Waals surface area contributed by atoms with Crippen LogP contribution in [0, 0.1) is 20.8 Å². The van der Waals surface area contributed by atoms with Gasteiger partial charge in [-0.15, -0.1) is 0 Å². The van der Waals surface area contributed by atoms with Crippen molar-refractivity contribution in [2.24, 2.45) is 0 Å². The lowest BCUT2D eigenvalue weighted by molar-refractivity contribution is 0.0777. The Kier molecular flexibility index (Phi) is 5.82. The largest absolute Gasteiger partial charge is 0.471 e. The van der Waals surface area contributed by atoms with Crippen LogP contribution in [0.2, 0.25) is 0 Å². The van der Waals surface area contributed by atoms with E-state index in [0.29, 0.717) is 12.2 Å². The first-order chi connectivity index (χ1) is 13.4. The quantitative estimate of drug-likeness (QED) is 0.630. The lowest BCUT2D eigenvalue weighted by Gasteiger charge is -2.15. The summed E-state index contributed by atoms with van der Waals surface area (Å²) < 4.78 is 9.30. The second kappa shape index (κ2) is 8.29. The standard InChI is InChI=1S/C21H27N5O2/c1-6-25-13-18(17(4)22-25)12-24(5)21(27)20-7-8-26(23-20)14-28-19-10-15(2)9-16(3)11-19/h7-11,13H,6,12,14H2,1-5H3. The van der Waals surface area contributed by atoms with Crippen molar-refractivity contribution < 1.29 is 9.53 Å². The Labute approximate surface area is 165 Å². The van der Waals surface area contributed by atoms with E-state index in [1.165, 1.54) is 0 Å². The van der Waals surface area contributed by atoms with Crippen LogP contribution in [0.1, 0.15) is 39.8 Å². The van der Waals surface area contributed by atoms with Crippen LogP contribution in [0.5, 0.6) is 5.75 Å². The molecular weight excluding hydrogens is 354 g/mol. The Morgan fingerprint density at radius 1 is 1.11 bits per heavy atom. The van der Waals surface area contributed by atoms with Crippen LogP contribution in [0.4, 0.5) is 0 Å². The molecule has 0 unspecified atom stereocenters. The van der Waals surface area contributed by atoms with Crippen molar-refractivity contribution in [2.45, 2.75) is 47.5 Å². The molecule has 0 aliphatic heterocycles. The van der Waals surface area contributed by atoms with Gasteiger partial charge >= 0.3 is 0 Å². The predicted octanol–water partition coefficient (Wildman–Crippen LogP) is 3.33. The molecule has 0 radical (unpaired) electrons. The summed E-state index contributed by atoms with van der Waals surface area (Å²) in [7, 11) is 1.77. The smallest absolute Gasteiger partial charge is 0.274 e. The number of amides is 1. The molecule has 2 heterocycles. The fraction of sp³-hybridized carbons (Fsp3) is 0.381. The van der Waals surface area contributed by atoms with E-state index >= 15 is 0 Å². The molecule has 148 valence electrons. The maximum atomic E-state index is 12.7. The normalized spacial score (nSPS) is 10.9. The van der Waals surface area contributed by atoms with Gasteiger partial charge in [-0.1, -0.05) is 6.07 Å². The Balaban J connectivity index is 1.62. The number of benzene rings is 1. The number of carbonyl (C=O) groups excluding carboxylic acids is 1. The number of hydrogen-bond donors (Lipinski definition) is 0. The van der Waals surface area contributed by atoms with Crippen LogP contribution in [-0.2, 0) is 19.8 Å². The van der Waals surface area contributed by atoms with E-state index in [1.807, 2.05) is 50.7 Å². The monoisotopic (exact) mass is 381 g/mol. The summed E-state index contributed by atoms with van der Waals surface area (Å²) in [6.45, 7) is 9.62. The minimum Gasteiger partial charge on any atom is -0.471 e. The highest BCUT2D eigenvalue weighted by Crippen LogP contribution is 2.17. The highest BCUT2D eigenvalue weighted by Gasteiger charge is 2.17. The predicted molar refractivity (Wildman–Crippen MR) is 107 cm³/mol. The van der Waals surface area contributed by atoms with Gasteiger partial charge in [-0.05, 0) is 57.0 Å². The molecule has 0 spiro atoms. The molecule has 0 aliphatic rings. The van der Waals surface area contributed by atoms with Crippen LogP contribution in [-0.4, -0.2) is 37.4 Å². The van der Waals surface area contributed by atoms with Crippen molar-refractivity contribution in [1.29, 1.82) is 0 Å². The summed E-state index contributed by atoms with van der Waals surface area (Å²) >= 11 is 0. The molecule has 3 aromatic rings. The number of rotatable bonds is 7. The molecule has 0 N–H and O–H groups in total. The van der Waals surface area contributed by atoms with E-state index in [4.69, 9.17) is 4.74 Å². The Morgan fingerprint density at radius 3 is 2.46 bits per heavy atom. The Morgan fingerprint density at radius 2 is 1.82 bits per heavy atom. The summed E-state index contributed by atoms with van der Waals surface area (Å²) in [5, 5.41) is 8.78. The highest BCUT2D eigenvalue weighted by atomic mass is 16.5. The van der Waals surface area contributed by atoms with Crippen LogP contribution >= 0.6 is 0 Å². The molecule has 0 aliphatic carbocycles. The third kappa shape index (κ3) is 4.60. The van der Waals surface area contributed by atoms with E-state index in [-0.39, 0.29) is 12.6 Å². The molecule has 0 saturated carbocycles. The van der Waals surface area contributed by atoms with Gasteiger partial charge in [-0.25, -0.2) is 4.68 Å². The average molecular weight is 381 g/mol. The molecule has 3 rings (SSSR count). The van der Waals surface area contributed by atoms with Crippen LogP contribution in [0.3, 0.4) is 0 Å². The van der Waals surface area contributed by atoms with E-state index in [0.717, 1.165) is 34.7 Å². The van der Waals surface area contributed by atoms with E-state index in [2.05, 4.69) is 16.3 Å². The van der Waals surface area contributed by atoms with Crippen molar-refractivity contribution in [1.82, 2.24) is 24.5 Å². The zero-order valence-corrected chi connectivity index (χ0v) is 17.1. The third-order valence-electron chi connectivity index (χ3n) is 4.54. The van der Waals surface area contributed by atoms with Gasteiger partial charge in [0.15, 0.2) is 12.4 Å². The Hall–Kier alpha value is -3.09. The maximum Gasteiger partial charge on any atom is 0.274 e. The molecule has 28 heavy (non-hydrogen) atoms. The van der Waals surface area contributed by atoms with Crippen LogP contribution < -0.4 is 4.74 Å². The average Bonchev–Trinajstić information content (AvgIpc) is 3.25. The zero-order valence-electron chi connectivity index (χ0n) is 17.1. The van der Waals surface area contributed by atoms with Crippen LogP contribution in [0.15, 0.2) is 36.7 Å². The summed E-state index contributed by atoms with van der Waals surface area (Å²) in [5.74, 6) is 0.662.